The summed E-state index contributed by atoms with van der Waals surface area (Å²) < 4.78 is 21.8. The summed E-state index contributed by atoms with van der Waals surface area (Å²) in [6, 6.07) is 12.9. The third kappa shape index (κ3) is 5.59. The molecule has 0 unspecified atom stereocenters. The van der Waals surface area contributed by atoms with E-state index < -0.39 is 17.9 Å². The van der Waals surface area contributed by atoms with E-state index in [4.69, 9.17) is 9.47 Å². The van der Waals surface area contributed by atoms with Gasteiger partial charge in [0.2, 0.25) is 0 Å². The Kier molecular flexibility index (Phi) is 7.21. The van der Waals surface area contributed by atoms with Crippen LogP contribution in [-0.4, -0.2) is 48.0 Å². The van der Waals surface area contributed by atoms with Gasteiger partial charge in [-0.15, -0.1) is 0 Å². The maximum absolute atomic E-state index is 11.8. The van der Waals surface area contributed by atoms with Crippen LogP contribution in [0, 0.1) is 5.92 Å². The molecular formula is C22H23N3O6. The van der Waals surface area contributed by atoms with Crippen molar-refractivity contribution in [2.45, 2.75) is 13.0 Å². The topological polar surface area (TPSA) is 102 Å². The monoisotopic (exact) mass is 425 g/mol. The molecule has 0 amide bonds. The van der Waals surface area contributed by atoms with Crippen LogP contribution >= 0.6 is 0 Å². The molecule has 0 aliphatic carbocycles. The molecule has 31 heavy (non-hydrogen) atoms. The van der Waals surface area contributed by atoms with Crippen LogP contribution < -0.4 is 9.47 Å². The number of rotatable bonds is 9. The first-order valence-corrected chi connectivity index (χ1v) is 9.46. The Hall–Kier alpha value is -3.88. The third-order valence-electron chi connectivity index (χ3n) is 4.55. The van der Waals surface area contributed by atoms with Crippen molar-refractivity contribution in [3.63, 3.8) is 0 Å². The maximum atomic E-state index is 11.8. The van der Waals surface area contributed by atoms with E-state index in [1.165, 1.54) is 14.2 Å². The van der Waals surface area contributed by atoms with Crippen molar-refractivity contribution < 1.29 is 28.5 Å². The summed E-state index contributed by atoms with van der Waals surface area (Å²) in [6.07, 6.45) is 3.36. The van der Waals surface area contributed by atoms with Gasteiger partial charge in [-0.25, -0.2) is 9.67 Å². The van der Waals surface area contributed by atoms with Crippen molar-refractivity contribution in [1.82, 2.24) is 14.8 Å². The molecule has 0 bridgehead atoms. The van der Waals surface area contributed by atoms with Crippen molar-refractivity contribution in [3.8, 4) is 17.3 Å². The highest BCUT2D eigenvalue weighted by atomic mass is 16.5. The summed E-state index contributed by atoms with van der Waals surface area (Å²) in [5, 5.41) is 4.38. The first-order valence-electron chi connectivity index (χ1n) is 9.46. The van der Waals surface area contributed by atoms with E-state index in [0.717, 1.165) is 11.3 Å². The minimum absolute atomic E-state index is 0.0649. The van der Waals surface area contributed by atoms with E-state index in [-0.39, 0.29) is 6.42 Å². The normalized spacial score (nSPS) is 10.6. The molecule has 0 spiro atoms. The van der Waals surface area contributed by atoms with Crippen LogP contribution in [0.5, 0.6) is 11.5 Å². The Morgan fingerprint density at radius 2 is 1.61 bits per heavy atom. The minimum Gasteiger partial charge on any atom is -0.497 e. The van der Waals surface area contributed by atoms with Gasteiger partial charge in [0, 0.05) is 12.6 Å². The van der Waals surface area contributed by atoms with Gasteiger partial charge in [-0.3, -0.25) is 9.59 Å². The Bertz CT molecular complexity index is 998. The second kappa shape index (κ2) is 10.2. The molecule has 9 heteroatoms. The molecule has 2 heterocycles. The minimum atomic E-state index is -1.07. The van der Waals surface area contributed by atoms with Crippen LogP contribution in [0.15, 0.2) is 54.9 Å². The summed E-state index contributed by atoms with van der Waals surface area (Å²) in [6.45, 7) is 0.402. The van der Waals surface area contributed by atoms with Crippen molar-refractivity contribution in [2.24, 2.45) is 5.92 Å². The van der Waals surface area contributed by atoms with Crippen LogP contribution in [0.2, 0.25) is 0 Å². The van der Waals surface area contributed by atoms with Gasteiger partial charge >= 0.3 is 11.9 Å². The van der Waals surface area contributed by atoms with Gasteiger partial charge in [0.05, 0.1) is 33.2 Å². The molecule has 0 saturated heterocycles. The van der Waals surface area contributed by atoms with Crippen molar-refractivity contribution in [3.05, 3.63) is 66.1 Å². The number of carbonyl (C=O) groups excluding carboxylic acids is 2. The summed E-state index contributed by atoms with van der Waals surface area (Å²) in [5.74, 6) is -0.437. The molecule has 0 fully saturated rings. The summed E-state index contributed by atoms with van der Waals surface area (Å²) in [7, 11) is 4.07. The van der Waals surface area contributed by atoms with Crippen LogP contribution in [0.4, 0.5) is 0 Å². The number of benzene rings is 1. The number of methoxy groups -OCH3 is 3. The fourth-order valence-corrected chi connectivity index (χ4v) is 2.84. The molecule has 1 aromatic carbocycles. The van der Waals surface area contributed by atoms with Gasteiger partial charge in [-0.1, -0.05) is 12.1 Å². The average molecular weight is 425 g/mol. The molecule has 0 N–H and O–H groups in total. The lowest BCUT2D eigenvalue weighted by molar-refractivity contribution is -0.158. The van der Waals surface area contributed by atoms with Gasteiger partial charge in [0.1, 0.15) is 18.1 Å². The molecule has 0 saturated carbocycles. The summed E-state index contributed by atoms with van der Waals surface area (Å²) in [5.41, 5.74) is 1.54. The highest BCUT2D eigenvalue weighted by Crippen LogP contribution is 2.17. The summed E-state index contributed by atoms with van der Waals surface area (Å²) in [4.78, 5) is 28.0. The van der Waals surface area contributed by atoms with Crippen LogP contribution in [0.25, 0.3) is 5.82 Å². The zero-order valence-corrected chi connectivity index (χ0v) is 17.5. The third-order valence-corrected chi connectivity index (χ3v) is 4.55. The number of aromatic nitrogens is 3. The first kappa shape index (κ1) is 21.8. The van der Waals surface area contributed by atoms with E-state index in [0.29, 0.717) is 23.9 Å². The molecule has 9 nitrogen and oxygen atoms in total. The second-order valence-electron chi connectivity index (χ2n) is 6.54. The lowest BCUT2D eigenvalue weighted by Gasteiger charge is -2.10. The number of hydrogen-bond donors (Lipinski definition) is 0. The standard InChI is InChI=1S/C22H23N3O6/c1-28-17-6-4-15(5-7-17)14-31-18-8-9-20(23-13-18)25-11-10-16(24-25)12-19(21(26)29-2)22(27)30-3/h4-11,13,19H,12,14H2,1-3H3. The van der Waals surface area contributed by atoms with Crippen molar-refractivity contribution in [1.29, 1.82) is 0 Å². The maximum Gasteiger partial charge on any atom is 0.320 e. The predicted octanol–water partition coefficient (Wildman–Crippen LogP) is 2.36. The van der Waals surface area contributed by atoms with E-state index >= 15 is 0 Å². The number of nitrogens with zero attached hydrogens (tertiary/aromatic N) is 3. The highest BCUT2D eigenvalue weighted by molar-refractivity contribution is 5.95. The van der Waals surface area contributed by atoms with Crippen LogP contribution in [0.3, 0.4) is 0 Å². The molecular weight excluding hydrogens is 402 g/mol. The van der Waals surface area contributed by atoms with Gasteiger partial charge in [-0.2, -0.15) is 5.10 Å². The Balaban J connectivity index is 1.62. The van der Waals surface area contributed by atoms with Gasteiger partial charge < -0.3 is 18.9 Å². The lowest BCUT2D eigenvalue weighted by atomic mass is 10.0. The number of hydrogen-bond acceptors (Lipinski definition) is 8. The quantitative estimate of drug-likeness (QED) is 0.380. The molecule has 0 aliphatic rings. The number of carbonyl (C=O) groups is 2. The van der Waals surface area contributed by atoms with Gasteiger partial charge in [-0.05, 0) is 35.9 Å². The molecule has 3 rings (SSSR count). The van der Waals surface area contributed by atoms with Gasteiger partial charge in [0.15, 0.2) is 11.7 Å². The Morgan fingerprint density at radius 3 is 2.19 bits per heavy atom. The first-order chi connectivity index (χ1) is 15.0. The molecule has 0 aliphatic heterocycles. The summed E-state index contributed by atoms with van der Waals surface area (Å²) >= 11 is 0. The Morgan fingerprint density at radius 1 is 0.935 bits per heavy atom. The largest absolute Gasteiger partial charge is 0.497 e. The molecule has 0 atom stereocenters. The molecule has 2 aromatic heterocycles. The zero-order valence-electron chi connectivity index (χ0n) is 17.5. The van der Waals surface area contributed by atoms with Crippen molar-refractivity contribution in [2.75, 3.05) is 21.3 Å². The Labute approximate surface area is 179 Å². The second-order valence-corrected chi connectivity index (χ2v) is 6.54. The zero-order chi connectivity index (χ0) is 22.2. The van der Waals surface area contributed by atoms with E-state index in [9.17, 15) is 9.59 Å². The molecule has 0 radical (unpaired) electrons. The smallest absolute Gasteiger partial charge is 0.320 e. The number of ether oxygens (including phenoxy) is 4. The molecule has 3 aromatic rings. The SMILES string of the molecule is COC(=O)C(Cc1ccn(-c2ccc(OCc3ccc(OC)cc3)cn2)n1)C(=O)OC. The highest BCUT2D eigenvalue weighted by Gasteiger charge is 2.29. The average Bonchev–Trinajstić information content (AvgIpc) is 3.29. The molecule has 162 valence electrons. The predicted molar refractivity (Wildman–Crippen MR) is 110 cm³/mol. The number of esters is 2. The van der Waals surface area contributed by atoms with E-state index in [1.54, 1.807) is 42.4 Å². The van der Waals surface area contributed by atoms with Crippen LogP contribution in [-0.2, 0) is 32.1 Å². The number of pyridine rings is 1. The van der Waals surface area contributed by atoms with Crippen LogP contribution in [0.1, 0.15) is 11.3 Å². The van der Waals surface area contributed by atoms with Gasteiger partial charge in [0.25, 0.3) is 0 Å². The fourth-order valence-electron chi connectivity index (χ4n) is 2.84. The van der Waals surface area contributed by atoms with Crippen molar-refractivity contribution >= 4 is 11.9 Å². The fraction of sp³-hybridized carbons (Fsp3) is 0.273. The van der Waals surface area contributed by atoms with E-state index in [2.05, 4.69) is 19.6 Å². The van der Waals surface area contributed by atoms with E-state index in [1.807, 2.05) is 24.3 Å². The lowest BCUT2D eigenvalue weighted by Crippen LogP contribution is -2.28.